The number of likely N-dealkylation sites (tertiary alicyclic amines) is 1. The van der Waals surface area contributed by atoms with E-state index in [1.165, 1.54) is 12.4 Å². The molecule has 0 N–H and O–H groups in total. The summed E-state index contributed by atoms with van der Waals surface area (Å²) in [7, 11) is 0. The van der Waals surface area contributed by atoms with Crippen LogP contribution in [0.2, 0.25) is 0 Å². The predicted octanol–water partition coefficient (Wildman–Crippen LogP) is 3.51. The number of hydrogen-bond acceptors (Lipinski definition) is 5. The van der Waals surface area contributed by atoms with Crippen molar-refractivity contribution in [1.29, 1.82) is 0 Å². The molecule has 6 nitrogen and oxygen atoms in total. The van der Waals surface area contributed by atoms with E-state index in [0.717, 1.165) is 53.6 Å². The van der Waals surface area contributed by atoms with Gasteiger partial charge in [-0.3, -0.25) is 9.48 Å². The highest BCUT2D eigenvalue weighted by Gasteiger charge is 2.25. The zero-order chi connectivity index (χ0) is 22.9. The summed E-state index contributed by atoms with van der Waals surface area (Å²) in [4.78, 5) is 24.3. The molecule has 0 unspecified atom stereocenters. The molecular formula is C23H29N5O. The second-order valence-corrected chi connectivity index (χ2v) is 8.35. The van der Waals surface area contributed by atoms with Crippen molar-refractivity contribution in [2.45, 2.75) is 33.1 Å². The quantitative estimate of drug-likeness (QED) is 0.640. The van der Waals surface area contributed by atoms with Crippen LogP contribution in [0.15, 0.2) is 36.8 Å². The maximum atomic E-state index is 12.9. The molecule has 3 aromatic rings. The lowest BCUT2D eigenvalue weighted by Gasteiger charge is -2.32. The molecule has 2 aromatic heterocycles. The van der Waals surface area contributed by atoms with Crippen LogP contribution >= 0.6 is 0 Å². The Kier molecular flexibility index (Phi) is 4.71. The number of ketones is 1. The molecule has 0 saturated carbocycles. The molecule has 0 amide bonds. The molecule has 152 valence electrons. The Morgan fingerprint density at radius 1 is 1.24 bits per heavy atom. The highest BCUT2D eigenvalue weighted by molar-refractivity contribution is 5.85. The van der Waals surface area contributed by atoms with E-state index in [2.05, 4.69) is 33.8 Å². The van der Waals surface area contributed by atoms with Crippen molar-refractivity contribution in [3.05, 3.63) is 42.6 Å². The van der Waals surface area contributed by atoms with Crippen molar-refractivity contribution in [3.63, 3.8) is 0 Å². The second kappa shape index (κ2) is 8.41. The van der Waals surface area contributed by atoms with Gasteiger partial charge in [0, 0.05) is 46.9 Å². The number of piperidine rings is 1. The summed E-state index contributed by atoms with van der Waals surface area (Å²) in [5.74, 6) is 1.46. The fourth-order valence-corrected chi connectivity index (χ4v) is 4.05. The van der Waals surface area contributed by atoms with Gasteiger partial charge in [-0.2, -0.15) is 5.10 Å². The molecule has 6 heteroatoms. The van der Waals surface area contributed by atoms with Crippen LogP contribution in [-0.4, -0.2) is 50.1 Å². The van der Waals surface area contributed by atoms with Crippen molar-refractivity contribution in [2.24, 2.45) is 18.8 Å². The maximum Gasteiger partial charge on any atom is 0.143 e. The van der Waals surface area contributed by atoms with Gasteiger partial charge in [0.15, 0.2) is 0 Å². The van der Waals surface area contributed by atoms with Crippen LogP contribution in [0.3, 0.4) is 0 Å². The molecule has 1 aliphatic heterocycles. The van der Waals surface area contributed by atoms with E-state index >= 15 is 0 Å². The first kappa shape index (κ1) is 16.2. The number of hydrogen-bond donors (Lipinski definition) is 0. The highest BCUT2D eigenvalue weighted by Crippen LogP contribution is 2.24. The van der Waals surface area contributed by atoms with Gasteiger partial charge in [-0.15, -0.1) is 0 Å². The zero-order valence-corrected chi connectivity index (χ0v) is 17.0. The third-order valence-electron chi connectivity index (χ3n) is 5.55. The number of aryl methyl sites for hydroxylation is 1. The molecule has 0 radical (unpaired) electrons. The fourth-order valence-electron chi connectivity index (χ4n) is 4.05. The monoisotopic (exact) mass is 394 g/mol. The molecule has 1 aromatic carbocycles. The summed E-state index contributed by atoms with van der Waals surface area (Å²) in [6, 6.07) is 5.67. The normalized spacial score (nSPS) is 18.0. The minimum Gasteiger partial charge on any atom is -0.303 e. The second-order valence-electron chi connectivity index (χ2n) is 8.35. The van der Waals surface area contributed by atoms with E-state index in [-0.39, 0.29) is 18.1 Å². The number of carbonyl (C=O) groups is 1. The van der Waals surface area contributed by atoms with Gasteiger partial charge in [0.05, 0.1) is 18.1 Å². The third kappa shape index (κ3) is 4.70. The molecule has 1 saturated heterocycles. The van der Waals surface area contributed by atoms with Crippen LogP contribution in [0.25, 0.3) is 22.0 Å². The van der Waals surface area contributed by atoms with Gasteiger partial charge >= 0.3 is 0 Å². The molecule has 3 heterocycles. The lowest BCUT2D eigenvalue weighted by molar-refractivity contribution is -0.123. The lowest BCUT2D eigenvalue weighted by Crippen LogP contribution is -2.38. The number of benzene rings is 1. The van der Waals surface area contributed by atoms with Gasteiger partial charge in [-0.05, 0) is 43.5 Å². The minimum absolute atomic E-state index is 0.0785. The molecule has 4 rings (SSSR count). The Bertz CT molecular complexity index is 1100. The Balaban J connectivity index is 1.46. The van der Waals surface area contributed by atoms with E-state index in [1.807, 2.05) is 18.2 Å². The van der Waals surface area contributed by atoms with Crippen molar-refractivity contribution < 1.29 is 8.91 Å². The zero-order valence-electron chi connectivity index (χ0n) is 20.0. The number of rotatable bonds is 6. The first-order valence-electron chi connectivity index (χ1n) is 11.8. The Labute approximate surface area is 176 Å². The Morgan fingerprint density at radius 2 is 2.07 bits per heavy atom. The molecule has 0 atom stereocenters. The summed E-state index contributed by atoms with van der Waals surface area (Å²) in [5.41, 5.74) is 2.25. The van der Waals surface area contributed by atoms with Gasteiger partial charge in [-0.25, -0.2) is 9.97 Å². The van der Waals surface area contributed by atoms with Crippen LogP contribution in [0.1, 0.15) is 36.6 Å². The molecule has 1 aliphatic rings. The van der Waals surface area contributed by atoms with E-state index < -0.39 is 6.98 Å². The van der Waals surface area contributed by atoms with E-state index in [1.54, 1.807) is 6.20 Å². The van der Waals surface area contributed by atoms with Crippen molar-refractivity contribution in [3.8, 4) is 11.1 Å². The van der Waals surface area contributed by atoms with E-state index in [0.29, 0.717) is 17.3 Å². The average molecular weight is 395 g/mol. The van der Waals surface area contributed by atoms with Crippen LogP contribution in [0.4, 0.5) is 0 Å². The van der Waals surface area contributed by atoms with E-state index in [9.17, 15) is 4.79 Å². The lowest BCUT2D eigenvalue weighted by atomic mass is 9.90. The topological polar surface area (TPSA) is 63.9 Å². The fraction of sp³-hybridized carbons (Fsp3) is 0.478. The van der Waals surface area contributed by atoms with Gasteiger partial charge < -0.3 is 4.90 Å². The summed E-state index contributed by atoms with van der Waals surface area (Å²) in [5, 5.41) is 4.82. The summed E-state index contributed by atoms with van der Waals surface area (Å²) in [6.07, 6.45) is 6.82. The maximum absolute atomic E-state index is 12.9. The molecule has 1 fully saturated rings. The van der Waals surface area contributed by atoms with Gasteiger partial charge in [0.1, 0.15) is 11.6 Å². The summed E-state index contributed by atoms with van der Waals surface area (Å²) in [6.45, 7) is 5.16. The number of Topliss-reactive ketones (excluding diaryl/α,β-unsaturated/α-hetero) is 1. The largest absolute Gasteiger partial charge is 0.303 e. The first-order valence-corrected chi connectivity index (χ1v) is 10.3. The van der Waals surface area contributed by atoms with Crippen molar-refractivity contribution >= 4 is 16.7 Å². The predicted molar refractivity (Wildman–Crippen MR) is 114 cm³/mol. The SMILES string of the molecule is [2H]C([2H])([2H])n1cc(-c2ccc3cnc(CC(=O)C4CCN(CC(C)C)CC4)nc3c2)cn1. The molecule has 0 bridgehead atoms. The standard InChI is InChI=1S/C23H29N5O/c1-16(2)14-28-8-6-17(7-9-28)22(29)11-23-24-12-19-5-4-18(10-21(19)26-23)20-13-25-27(3)15-20/h4-5,10,12-13,15-17H,6-9,11,14H2,1-3H3/i3D3. The number of nitrogens with zero attached hydrogens (tertiary/aromatic N) is 5. The average Bonchev–Trinajstić information content (AvgIpc) is 3.24. The number of aromatic nitrogens is 4. The Hall–Kier alpha value is -2.60. The summed E-state index contributed by atoms with van der Waals surface area (Å²) < 4.78 is 23.4. The molecule has 0 spiro atoms. The molecular weight excluding hydrogens is 362 g/mol. The summed E-state index contributed by atoms with van der Waals surface area (Å²) >= 11 is 0. The molecule has 0 aliphatic carbocycles. The van der Waals surface area contributed by atoms with E-state index in [4.69, 9.17) is 4.11 Å². The number of fused-ring (bicyclic) bond motifs is 1. The number of carbonyl (C=O) groups excluding carboxylic acids is 1. The first-order chi connectivity index (χ1) is 15.2. The smallest absolute Gasteiger partial charge is 0.143 e. The van der Waals surface area contributed by atoms with Crippen LogP contribution in [-0.2, 0) is 18.2 Å². The van der Waals surface area contributed by atoms with Gasteiger partial charge in [-0.1, -0.05) is 26.0 Å². The van der Waals surface area contributed by atoms with Crippen LogP contribution in [0, 0.1) is 11.8 Å². The van der Waals surface area contributed by atoms with Gasteiger partial charge in [0.25, 0.3) is 0 Å². The Morgan fingerprint density at radius 3 is 2.79 bits per heavy atom. The molecule has 29 heavy (non-hydrogen) atoms. The van der Waals surface area contributed by atoms with Crippen LogP contribution in [0.5, 0.6) is 0 Å². The third-order valence-corrected chi connectivity index (χ3v) is 5.55. The van der Waals surface area contributed by atoms with Crippen molar-refractivity contribution in [2.75, 3.05) is 19.6 Å². The minimum atomic E-state index is -2.31. The van der Waals surface area contributed by atoms with Crippen molar-refractivity contribution in [1.82, 2.24) is 24.6 Å². The van der Waals surface area contributed by atoms with Gasteiger partial charge in [0.2, 0.25) is 0 Å². The highest BCUT2D eigenvalue weighted by atomic mass is 16.1. The van der Waals surface area contributed by atoms with Crippen LogP contribution < -0.4 is 0 Å².